The summed E-state index contributed by atoms with van der Waals surface area (Å²) in [4.78, 5) is 23.7. The van der Waals surface area contributed by atoms with Crippen molar-refractivity contribution in [3.05, 3.63) is 58.0 Å². The Labute approximate surface area is 128 Å². The number of pyridine rings is 1. The maximum absolute atomic E-state index is 12.1. The third-order valence-corrected chi connectivity index (χ3v) is 3.29. The number of carbonyl (C=O) groups is 1. The van der Waals surface area contributed by atoms with E-state index in [-0.39, 0.29) is 18.0 Å². The highest BCUT2D eigenvalue weighted by Crippen LogP contribution is 2.30. The van der Waals surface area contributed by atoms with Crippen molar-refractivity contribution in [3.63, 3.8) is 0 Å². The maximum Gasteiger partial charge on any atom is 0.251 e. The van der Waals surface area contributed by atoms with Crippen LogP contribution in [-0.4, -0.2) is 24.7 Å². The van der Waals surface area contributed by atoms with Crippen LogP contribution in [0.25, 0.3) is 0 Å². The monoisotopic (exact) mass is 302 g/mol. The Morgan fingerprint density at radius 2 is 2.00 bits per heavy atom. The topological polar surface area (TPSA) is 69.6 Å². The molecular formula is C16H18N2O4. The predicted molar refractivity (Wildman–Crippen MR) is 82.4 cm³/mol. The number of nitrogens with one attached hydrogen (secondary N) is 1. The zero-order valence-electron chi connectivity index (χ0n) is 12.8. The van der Waals surface area contributed by atoms with E-state index in [2.05, 4.69) is 5.32 Å². The molecule has 0 aliphatic carbocycles. The number of ether oxygens (including phenoxy) is 2. The molecular weight excluding hydrogens is 284 g/mol. The molecule has 1 aromatic carbocycles. The molecule has 1 aromatic heterocycles. The van der Waals surface area contributed by atoms with Gasteiger partial charge in [-0.15, -0.1) is 0 Å². The van der Waals surface area contributed by atoms with Crippen LogP contribution in [0.3, 0.4) is 0 Å². The summed E-state index contributed by atoms with van der Waals surface area (Å²) in [6.07, 6.45) is 1.56. The Morgan fingerprint density at radius 3 is 2.64 bits per heavy atom. The number of benzene rings is 1. The van der Waals surface area contributed by atoms with Crippen LogP contribution < -0.4 is 20.3 Å². The predicted octanol–water partition coefficient (Wildman–Crippen LogP) is 1.33. The molecule has 2 rings (SSSR count). The zero-order chi connectivity index (χ0) is 16.1. The summed E-state index contributed by atoms with van der Waals surface area (Å²) in [7, 11) is 4.73. The lowest BCUT2D eigenvalue weighted by atomic mass is 10.1. The highest BCUT2D eigenvalue weighted by Gasteiger charge is 2.11. The quantitative estimate of drug-likeness (QED) is 0.904. The van der Waals surface area contributed by atoms with Crippen molar-refractivity contribution < 1.29 is 14.3 Å². The van der Waals surface area contributed by atoms with Crippen LogP contribution in [0.15, 0.2) is 41.3 Å². The largest absolute Gasteiger partial charge is 0.493 e. The first kappa shape index (κ1) is 15.6. The van der Waals surface area contributed by atoms with Crippen molar-refractivity contribution in [2.24, 2.45) is 7.05 Å². The minimum atomic E-state index is -0.317. The number of hydrogen-bond acceptors (Lipinski definition) is 4. The van der Waals surface area contributed by atoms with Crippen LogP contribution in [-0.2, 0) is 13.6 Å². The SMILES string of the molecule is COc1cccc(CNC(=O)c2ccn(C)c(=O)c2)c1OC. The average molecular weight is 302 g/mol. The van der Waals surface area contributed by atoms with E-state index < -0.39 is 0 Å². The van der Waals surface area contributed by atoms with E-state index in [9.17, 15) is 9.59 Å². The molecule has 1 N–H and O–H groups in total. The summed E-state index contributed by atoms with van der Waals surface area (Å²) in [5.74, 6) is 0.861. The number of carbonyl (C=O) groups excluding carboxylic acids is 1. The van der Waals surface area contributed by atoms with Gasteiger partial charge in [0, 0.05) is 37.0 Å². The number of aryl methyl sites for hydroxylation is 1. The Balaban J connectivity index is 2.14. The van der Waals surface area contributed by atoms with Gasteiger partial charge >= 0.3 is 0 Å². The number of para-hydroxylation sites is 1. The molecule has 116 valence electrons. The average Bonchev–Trinajstić information content (AvgIpc) is 2.54. The second-order valence-corrected chi connectivity index (χ2v) is 4.70. The molecule has 2 aromatic rings. The third-order valence-electron chi connectivity index (χ3n) is 3.29. The molecule has 0 aliphatic heterocycles. The van der Waals surface area contributed by atoms with Crippen LogP contribution in [0, 0.1) is 0 Å². The summed E-state index contributed by atoms with van der Waals surface area (Å²) in [6, 6.07) is 8.34. The number of aromatic nitrogens is 1. The molecule has 1 amide bonds. The van der Waals surface area contributed by atoms with Gasteiger partial charge in [-0.25, -0.2) is 0 Å². The van der Waals surface area contributed by atoms with Gasteiger partial charge in [0.25, 0.3) is 11.5 Å². The normalized spacial score (nSPS) is 10.1. The van der Waals surface area contributed by atoms with Gasteiger partial charge in [-0.2, -0.15) is 0 Å². The summed E-state index contributed by atoms with van der Waals surface area (Å²) in [5.41, 5.74) is 0.885. The highest BCUT2D eigenvalue weighted by molar-refractivity contribution is 5.93. The van der Waals surface area contributed by atoms with Crippen LogP contribution in [0.5, 0.6) is 11.5 Å². The number of methoxy groups -OCH3 is 2. The fourth-order valence-electron chi connectivity index (χ4n) is 2.06. The van der Waals surface area contributed by atoms with Gasteiger partial charge in [0.05, 0.1) is 14.2 Å². The number of nitrogens with zero attached hydrogens (tertiary/aromatic N) is 1. The molecule has 6 heteroatoms. The lowest BCUT2D eigenvalue weighted by Gasteiger charge is -2.13. The van der Waals surface area contributed by atoms with Crippen molar-refractivity contribution in [2.45, 2.75) is 6.54 Å². The van der Waals surface area contributed by atoms with Crippen LogP contribution in [0.1, 0.15) is 15.9 Å². The maximum atomic E-state index is 12.1. The van der Waals surface area contributed by atoms with Gasteiger partial charge in [0.15, 0.2) is 11.5 Å². The molecule has 0 spiro atoms. The Bertz CT molecular complexity index is 737. The Hall–Kier alpha value is -2.76. The lowest BCUT2D eigenvalue weighted by Crippen LogP contribution is -2.26. The van der Waals surface area contributed by atoms with E-state index >= 15 is 0 Å². The fourth-order valence-corrected chi connectivity index (χ4v) is 2.06. The Kier molecular flexibility index (Phi) is 4.83. The van der Waals surface area contributed by atoms with Gasteiger partial charge in [-0.3, -0.25) is 9.59 Å². The van der Waals surface area contributed by atoms with Crippen LogP contribution in [0.4, 0.5) is 0 Å². The minimum absolute atomic E-state index is 0.230. The molecule has 0 radical (unpaired) electrons. The first-order chi connectivity index (χ1) is 10.6. The smallest absolute Gasteiger partial charge is 0.251 e. The fraction of sp³-hybridized carbons (Fsp3) is 0.250. The summed E-state index contributed by atoms with van der Waals surface area (Å²) < 4.78 is 11.9. The summed E-state index contributed by atoms with van der Waals surface area (Å²) in [5, 5.41) is 2.77. The Morgan fingerprint density at radius 1 is 1.23 bits per heavy atom. The number of hydrogen-bond donors (Lipinski definition) is 1. The van der Waals surface area contributed by atoms with Crippen molar-refractivity contribution in [3.8, 4) is 11.5 Å². The molecule has 0 aliphatic rings. The van der Waals surface area contributed by atoms with E-state index in [1.54, 1.807) is 39.6 Å². The second-order valence-electron chi connectivity index (χ2n) is 4.70. The van der Waals surface area contributed by atoms with Crippen LogP contribution >= 0.6 is 0 Å². The first-order valence-corrected chi connectivity index (χ1v) is 6.71. The molecule has 0 unspecified atom stereocenters. The van der Waals surface area contributed by atoms with E-state index in [1.807, 2.05) is 12.1 Å². The van der Waals surface area contributed by atoms with E-state index in [0.29, 0.717) is 17.1 Å². The third kappa shape index (κ3) is 3.28. The summed E-state index contributed by atoms with van der Waals surface area (Å²) in [6.45, 7) is 0.272. The van der Waals surface area contributed by atoms with E-state index in [1.165, 1.54) is 10.6 Å². The molecule has 0 bridgehead atoms. The van der Waals surface area contributed by atoms with Crippen LogP contribution in [0.2, 0.25) is 0 Å². The molecule has 0 fully saturated rings. The molecule has 0 atom stereocenters. The number of amides is 1. The first-order valence-electron chi connectivity index (χ1n) is 6.71. The standard InChI is InChI=1S/C16H18N2O4/c1-18-8-7-11(9-14(18)19)16(20)17-10-12-5-4-6-13(21-2)15(12)22-3/h4-9H,10H2,1-3H3,(H,17,20). The van der Waals surface area contributed by atoms with E-state index in [0.717, 1.165) is 5.56 Å². The van der Waals surface area contributed by atoms with E-state index in [4.69, 9.17) is 9.47 Å². The van der Waals surface area contributed by atoms with Crippen molar-refractivity contribution in [1.82, 2.24) is 9.88 Å². The number of rotatable bonds is 5. The molecule has 6 nitrogen and oxygen atoms in total. The molecule has 1 heterocycles. The molecule has 22 heavy (non-hydrogen) atoms. The van der Waals surface area contributed by atoms with Gasteiger partial charge in [0.1, 0.15) is 0 Å². The van der Waals surface area contributed by atoms with Gasteiger partial charge in [-0.05, 0) is 12.1 Å². The molecule has 0 saturated heterocycles. The van der Waals surface area contributed by atoms with Gasteiger partial charge in [0.2, 0.25) is 0 Å². The minimum Gasteiger partial charge on any atom is -0.493 e. The highest BCUT2D eigenvalue weighted by atomic mass is 16.5. The van der Waals surface area contributed by atoms with Crippen molar-refractivity contribution in [2.75, 3.05) is 14.2 Å². The van der Waals surface area contributed by atoms with Gasteiger partial charge < -0.3 is 19.4 Å². The van der Waals surface area contributed by atoms with Gasteiger partial charge in [-0.1, -0.05) is 12.1 Å². The summed E-state index contributed by atoms with van der Waals surface area (Å²) >= 11 is 0. The van der Waals surface area contributed by atoms with Crippen molar-refractivity contribution in [1.29, 1.82) is 0 Å². The lowest BCUT2D eigenvalue weighted by molar-refractivity contribution is 0.0950. The molecule has 0 saturated carbocycles. The zero-order valence-corrected chi connectivity index (χ0v) is 12.8. The van der Waals surface area contributed by atoms with Crippen molar-refractivity contribution >= 4 is 5.91 Å². The second kappa shape index (κ2) is 6.80.